The van der Waals surface area contributed by atoms with Crippen LogP contribution in [0.15, 0.2) is 30.3 Å². The minimum Gasteiger partial charge on any atom is -0.484 e. The minimum atomic E-state index is -4.14. The Labute approximate surface area is 133 Å². The molecule has 1 fully saturated rings. The Morgan fingerprint density at radius 3 is 2.48 bits per heavy atom. The van der Waals surface area contributed by atoms with Crippen molar-refractivity contribution >= 4 is 5.91 Å². The van der Waals surface area contributed by atoms with E-state index in [1.807, 2.05) is 18.2 Å². The number of benzene rings is 1. The van der Waals surface area contributed by atoms with Gasteiger partial charge in [0, 0.05) is 6.54 Å². The molecule has 7 heteroatoms. The van der Waals surface area contributed by atoms with Crippen LogP contribution >= 0.6 is 0 Å². The third-order valence-corrected chi connectivity index (χ3v) is 3.81. The van der Waals surface area contributed by atoms with Crippen LogP contribution in [0.2, 0.25) is 0 Å². The molecule has 1 N–H and O–H groups in total. The second kappa shape index (κ2) is 8.19. The summed E-state index contributed by atoms with van der Waals surface area (Å²) in [4.78, 5) is 13.1. The molecule has 0 aromatic heterocycles. The van der Waals surface area contributed by atoms with E-state index in [0.717, 1.165) is 0 Å². The van der Waals surface area contributed by atoms with Crippen molar-refractivity contribution in [3.05, 3.63) is 30.3 Å². The van der Waals surface area contributed by atoms with Crippen LogP contribution in [-0.4, -0.2) is 49.8 Å². The summed E-state index contributed by atoms with van der Waals surface area (Å²) in [5.41, 5.74) is 0. The third kappa shape index (κ3) is 6.90. The monoisotopic (exact) mass is 330 g/mol. The number of hydrogen-bond acceptors (Lipinski definition) is 3. The highest BCUT2D eigenvalue weighted by molar-refractivity contribution is 5.77. The number of piperidine rings is 1. The highest BCUT2D eigenvalue weighted by atomic mass is 19.4. The van der Waals surface area contributed by atoms with Gasteiger partial charge in [0.25, 0.3) is 5.91 Å². The number of likely N-dealkylation sites (tertiary alicyclic amines) is 1. The van der Waals surface area contributed by atoms with Gasteiger partial charge in [-0.25, -0.2) is 0 Å². The van der Waals surface area contributed by atoms with Crippen LogP contribution in [-0.2, 0) is 4.79 Å². The second-order valence-corrected chi connectivity index (χ2v) is 5.74. The molecule has 1 aliphatic rings. The zero-order valence-corrected chi connectivity index (χ0v) is 12.8. The molecular formula is C16H21F3N2O2. The number of amides is 1. The molecule has 4 nitrogen and oxygen atoms in total. The highest BCUT2D eigenvalue weighted by Gasteiger charge is 2.32. The summed E-state index contributed by atoms with van der Waals surface area (Å²) in [6.45, 7) is 0.409. The minimum absolute atomic E-state index is 0.0586. The number of carbonyl (C=O) groups is 1. The average Bonchev–Trinajstić information content (AvgIpc) is 2.52. The molecular weight excluding hydrogens is 309 g/mol. The molecule has 0 bridgehead atoms. The van der Waals surface area contributed by atoms with Gasteiger partial charge in [0.15, 0.2) is 6.61 Å². The van der Waals surface area contributed by atoms with Gasteiger partial charge in [0.1, 0.15) is 5.75 Å². The summed E-state index contributed by atoms with van der Waals surface area (Å²) in [6.07, 6.45) is -2.82. The SMILES string of the molecule is O=C(COc1ccccc1)NCC1CCN(CC(F)(F)F)CC1. The summed E-state index contributed by atoms with van der Waals surface area (Å²) >= 11 is 0. The molecule has 1 aromatic rings. The van der Waals surface area contributed by atoms with E-state index in [2.05, 4.69) is 5.32 Å². The molecule has 23 heavy (non-hydrogen) atoms. The van der Waals surface area contributed by atoms with Crippen molar-refractivity contribution in [1.29, 1.82) is 0 Å². The maximum absolute atomic E-state index is 12.3. The van der Waals surface area contributed by atoms with E-state index in [4.69, 9.17) is 4.74 Å². The lowest BCUT2D eigenvalue weighted by atomic mass is 9.97. The van der Waals surface area contributed by atoms with Gasteiger partial charge in [-0.1, -0.05) is 18.2 Å². The van der Waals surface area contributed by atoms with Crippen molar-refractivity contribution in [3.8, 4) is 5.75 Å². The average molecular weight is 330 g/mol. The summed E-state index contributed by atoms with van der Waals surface area (Å²) in [5.74, 6) is 0.634. The topological polar surface area (TPSA) is 41.6 Å². The van der Waals surface area contributed by atoms with E-state index in [1.165, 1.54) is 4.90 Å². The standard InChI is InChI=1S/C16H21F3N2O2/c17-16(18,19)12-21-8-6-13(7-9-21)10-20-15(22)11-23-14-4-2-1-3-5-14/h1-5,13H,6-12H2,(H,20,22). The molecule has 1 aliphatic heterocycles. The Balaban J connectivity index is 1.60. The lowest BCUT2D eigenvalue weighted by molar-refractivity contribution is -0.148. The Kier molecular flexibility index (Phi) is 6.27. The fourth-order valence-electron chi connectivity index (χ4n) is 2.58. The number of alkyl halides is 3. The first-order valence-electron chi connectivity index (χ1n) is 7.66. The number of nitrogens with zero attached hydrogens (tertiary/aromatic N) is 1. The van der Waals surface area contributed by atoms with Crippen molar-refractivity contribution in [1.82, 2.24) is 10.2 Å². The lowest BCUT2D eigenvalue weighted by Gasteiger charge is -2.32. The maximum atomic E-state index is 12.3. The Bertz CT molecular complexity index is 486. The highest BCUT2D eigenvalue weighted by Crippen LogP contribution is 2.22. The quantitative estimate of drug-likeness (QED) is 0.871. The number of para-hydroxylation sites is 1. The van der Waals surface area contributed by atoms with Gasteiger partial charge >= 0.3 is 6.18 Å². The van der Waals surface area contributed by atoms with Crippen molar-refractivity contribution in [2.24, 2.45) is 5.92 Å². The molecule has 1 saturated heterocycles. The van der Waals surface area contributed by atoms with Crippen LogP contribution in [0, 0.1) is 5.92 Å². The van der Waals surface area contributed by atoms with Gasteiger partial charge < -0.3 is 10.1 Å². The Morgan fingerprint density at radius 2 is 1.87 bits per heavy atom. The van der Waals surface area contributed by atoms with Crippen molar-refractivity contribution in [2.45, 2.75) is 19.0 Å². The molecule has 2 rings (SSSR count). The fraction of sp³-hybridized carbons (Fsp3) is 0.562. The fourth-order valence-corrected chi connectivity index (χ4v) is 2.58. The van der Waals surface area contributed by atoms with Gasteiger partial charge in [-0.3, -0.25) is 9.69 Å². The predicted octanol–water partition coefficient (Wildman–Crippen LogP) is 2.46. The molecule has 0 spiro atoms. The van der Waals surface area contributed by atoms with Crippen LogP contribution in [0.4, 0.5) is 13.2 Å². The largest absolute Gasteiger partial charge is 0.484 e. The first kappa shape index (κ1) is 17.6. The van der Waals surface area contributed by atoms with Crippen LogP contribution in [0.5, 0.6) is 5.75 Å². The zero-order valence-electron chi connectivity index (χ0n) is 12.8. The summed E-state index contributed by atoms with van der Waals surface area (Å²) in [7, 11) is 0. The number of carbonyl (C=O) groups excluding carboxylic acids is 1. The first-order valence-corrected chi connectivity index (χ1v) is 7.66. The number of ether oxygens (including phenoxy) is 1. The van der Waals surface area contributed by atoms with E-state index in [9.17, 15) is 18.0 Å². The van der Waals surface area contributed by atoms with E-state index in [0.29, 0.717) is 38.2 Å². The van der Waals surface area contributed by atoms with E-state index in [1.54, 1.807) is 12.1 Å². The Morgan fingerprint density at radius 1 is 1.22 bits per heavy atom. The van der Waals surface area contributed by atoms with Gasteiger partial charge in [0.2, 0.25) is 0 Å². The summed E-state index contributed by atoms with van der Waals surface area (Å²) in [5, 5.41) is 2.78. The van der Waals surface area contributed by atoms with Crippen LogP contribution in [0.3, 0.4) is 0 Å². The lowest BCUT2D eigenvalue weighted by Crippen LogP contribution is -2.43. The van der Waals surface area contributed by atoms with Crippen molar-refractivity contribution < 1.29 is 22.7 Å². The molecule has 0 radical (unpaired) electrons. The number of halogens is 3. The van der Waals surface area contributed by atoms with E-state index < -0.39 is 12.7 Å². The van der Waals surface area contributed by atoms with Crippen LogP contribution in [0.25, 0.3) is 0 Å². The van der Waals surface area contributed by atoms with Gasteiger partial charge in [-0.15, -0.1) is 0 Å². The second-order valence-electron chi connectivity index (χ2n) is 5.74. The normalized spacial score (nSPS) is 17.0. The van der Waals surface area contributed by atoms with E-state index in [-0.39, 0.29) is 18.4 Å². The molecule has 1 amide bonds. The van der Waals surface area contributed by atoms with Crippen LogP contribution < -0.4 is 10.1 Å². The van der Waals surface area contributed by atoms with Gasteiger partial charge in [-0.2, -0.15) is 13.2 Å². The molecule has 1 aromatic carbocycles. The Hall–Kier alpha value is -1.76. The number of hydrogen-bond donors (Lipinski definition) is 1. The first-order chi connectivity index (χ1) is 10.9. The van der Waals surface area contributed by atoms with Crippen LogP contribution in [0.1, 0.15) is 12.8 Å². The van der Waals surface area contributed by atoms with Crippen molar-refractivity contribution in [2.75, 3.05) is 32.8 Å². The summed E-state index contributed by atoms with van der Waals surface area (Å²) in [6, 6.07) is 9.04. The number of rotatable bonds is 6. The molecule has 128 valence electrons. The molecule has 0 atom stereocenters. The maximum Gasteiger partial charge on any atom is 0.401 e. The van der Waals surface area contributed by atoms with Gasteiger partial charge in [0.05, 0.1) is 6.54 Å². The number of nitrogens with one attached hydrogen (secondary N) is 1. The molecule has 0 saturated carbocycles. The smallest absolute Gasteiger partial charge is 0.401 e. The van der Waals surface area contributed by atoms with E-state index >= 15 is 0 Å². The van der Waals surface area contributed by atoms with Crippen molar-refractivity contribution in [3.63, 3.8) is 0 Å². The van der Waals surface area contributed by atoms with Gasteiger partial charge in [-0.05, 0) is 44.0 Å². The predicted molar refractivity (Wildman–Crippen MR) is 80.2 cm³/mol. The third-order valence-electron chi connectivity index (χ3n) is 3.81. The molecule has 1 heterocycles. The molecule has 0 unspecified atom stereocenters. The summed E-state index contributed by atoms with van der Waals surface area (Å²) < 4.78 is 42.2. The zero-order chi connectivity index (χ0) is 16.7. The molecule has 0 aliphatic carbocycles.